The van der Waals surface area contributed by atoms with Crippen LogP contribution >= 0.6 is 12.4 Å². The van der Waals surface area contributed by atoms with Gasteiger partial charge in [0.05, 0.1) is 23.8 Å². The summed E-state index contributed by atoms with van der Waals surface area (Å²) < 4.78 is 0. The zero-order chi connectivity index (χ0) is 13.7. The van der Waals surface area contributed by atoms with Gasteiger partial charge in [0.1, 0.15) is 0 Å². The van der Waals surface area contributed by atoms with Crippen molar-refractivity contribution in [1.29, 1.82) is 5.26 Å². The number of rotatable bonds is 4. The maximum atomic E-state index is 10.2. The summed E-state index contributed by atoms with van der Waals surface area (Å²) in [6.45, 7) is 0. The summed E-state index contributed by atoms with van der Waals surface area (Å²) in [7, 11) is 0. The minimum absolute atomic E-state index is 0. The summed E-state index contributed by atoms with van der Waals surface area (Å²) in [5.41, 5.74) is 8.29. The molecule has 0 spiro atoms. The van der Waals surface area contributed by atoms with Crippen LogP contribution in [0.4, 0.5) is 0 Å². The Morgan fingerprint density at radius 3 is 2.30 bits per heavy atom. The van der Waals surface area contributed by atoms with Crippen LogP contribution in [-0.4, -0.2) is 11.2 Å². The molecule has 2 aromatic carbocycles. The molecule has 3 N–H and O–H groups in total. The van der Waals surface area contributed by atoms with E-state index in [1.807, 2.05) is 36.4 Å². The molecule has 4 heteroatoms. The molecule has 0 aliphatic rings. The van der Waals surface area contributed by atoms with E-state index in [4.69, 9.17) is 11.0 Å². The Balaban J connectivity index is 0.00000200. The third-order valence-corrected chi connectivity index (χ3v) is 3.14. The van der Waals surface area contributed by atoms with Crippen molar-refractivity contribution in [3.05, 3.63) is 71.3 Å². The van der Waals surface area contributed by atoms with Crippen LogP contribution < -0.4 is 5.73 Å². The Kier molecular flexibility index (Phi) is 6.20. The van der Waals surface area contributed by atoms with Gasteiger partial charge in [0.2, 0.25) is 0 Å². The Morgan fingerprint density at radius 1 is 1.05 bits per heavy atom. The van der Waals surface area contributed by atoms with Crippen molar-refractivity contribution in [3.63, 3.8) is 0 Å². The van der Waals surface area contributed by atoms with Gasteiger partial charge in [-0.1, -0.05) is 48.5 Å². The normalized spacial score (nSPS) is 12.8. The van der Waals surface area contributed by atoms with Crippen LogP contribution in [0.25, 0.3) is 0 Å². The van der Waals surface area contributed by atoms with Crippen LogP contribution in [0, 0.1) is 11.3 Å². The lowest BCUT2D eigenvalue weighted by atomic mass is 9.94. The van der Waals surface area contributed by atoms with E-state index in [1.165, 1.54) is 0 Å². The minimum atomic E-state index is -0.711. The van der Waals surface area contributed by atoms with Crippen molar-refractivity contribution in [2.24, 2.45) is 5.73 Å². The van der Waals surface area contributed by atoms with Gasteiger partial charge in [-0.2, -0.15) is 5.26 Å². The van der Waals surface area contributed by atoms with E-state index in [0.29, 0.717) is 17.5 Å². The van der Waals surface area contributed by atoms with Gasteiger partial charge in [-0.25, -0.2) is 0 Å². The molecule has 0 aliphatic carbocycles. The molecule has 0 bridgehead atoms. The summed E-state index contributed by atoms with van der Waals surface area (Å²) >= 11 is 0. The van der Waals surface area contributed by atoms with Crippen LogP contribution in [0.5, 0.6) is 0 Å². The van der Waals surface area contributed by atoms with Gasteiger partial charge in [-0.15, -0.1) is 12.4 Å². The highest BCUT2D eigenvalue weighted by Gasteiger charge is 2.19. The van der Waals surface area contributed by atoms with Crippen LogP contribution in [0.2, 0.25) is 0 Å². The van der Waals surface area contributed by atoms with Crippen LogP contribution in [0.15, 0.2) is 54.6 Å². The summed E-state index contributed by atoms with van der Waals surface area (Å²) in [6, 6.07) is 18.3. The van der Waals surface area contributed by atoms with Crippen molar-refractivity contribution in [2.75, 3.05) is 0 Å². The Bertz CT molecular complexity index is 581. The van der Waals surface area contributed by atoms with Gasteiger partial charge in [0.25, 0.3) is 0 Å². The van der Waals surface area contributed by atoms with Crippen molar-refractivity contribution in [1.82, 2.24) is 0 Å². The Labute approximate surface area is 125 Å². The van der Waals surface area contributed by atoms with Gasteiger partial charge >= 0.3 is 0 Å². The first-order valence-electron chi connectivity index (χ1n) is 6.19. The van der Waals surface area contributed by atoms with E-state index in [9.17, 15) is 5.11 Å². The van der Waals surface area contributed by atoms with Crippen molar-refractivity contribution >= 4 is 12.4 Å². The Hall–Kier alpha value is -1.86. The van der Waals surface area contributed by atoms with Crippen LogP contribution in [-0.2, 0) is 6.42 Å². The molecule has 0 aromatic heterocycles. The average molecular weight is 289 g/mol. The van der Waals surface area contributed by atoms with Gasteiger partial charge in [0.15, 0.2) is 0 Å². The summed E-state index contributed by atoms with van der Waals surface area (Å²) in [6.07, 6.45) is -0.237. The number of halogens is 1. The second-order valence-corrected chi connectivity index (χ2v) is 4.48. The molecule has 2 aromatic rings. The highest BCUT2D eigenvalue weighted by Crippen LogP contribution is 2.20. The molecular weight excluding hydrogens is 272 g/mol. The predicted octanol–water partition coefficient (Wildman–Crippen LogP) is 2.58. The Morgan fingerprint density at radius 2 is 1.65 bits per heavy atom. The number of nitrogens with two attached hydrogens (primary N) is 1. The first-order chi connectivity index (χ1) is 9.22. The molecule has 20 heavy (non-hydrogen) atoms. The first kappa shape index (κ1) is 16.2. The van der Waals surface area contributed by atoms with Gasteiger partial charge in [-0.05, 0) is 17.2 Å². The number of nitrogens with zero attached hydrogens (tertiary/aromatic N) is 1. The maximum Gasteiger partial charge on any atom is 0.0995 e. The summed E-state index contributed by atoms with van der Waals surface area (Å²) in [5, 5.41) is 19.3. The third kappa shape index (κ3) is 3.82. The summed E-state index contributed by atoms with van der Waals surface area (Å²) in [5.74, 6) is 0. The smallest absolute Gasteiger partial charge is 0.0995 e. The lowest BCUT2D eigenvalue weighted by molar-refractivity contribution is 0.145. The second kappa shape index (κ2) is 7.66. The largest absolute Gasteiger partial charge is 0.391 e. The summed E-state index contributed by atoms with van der Waals surface area (Å²) in [4.78, 5) is 0. The maximum absolute atomic E-state index is 10.2. The van der Waals surface area contributed by atoms with E-state index >= 15 is 0 Å². The van der Waals surface area contributed by atoms with E-state index in [-0.39, 0.29) is 12.4 Å². The van der Waals surface area contributed by atoms with Crippen molar-refractivity contribution < 1.29 is 5.11 Å². The molecule has 2 atom stereocenters. The minimum Gasteiger partial charge on any atom is -0.391 e. The molecule has 104 valence electrons. The van der Waals surface area contributed by atoms with Crippen molar-refractivity contribution in [2.45, 2.75) is 18.6 Å². The molecule has 0 radical (unpaired) electrons. The highest BCUT2D eigenvalue weighted by atomic mass is 35.5. The average Bonchev–Trinajstić information content (AvgIpc) is 2.47. The number of nitriles is 1. The zero-order valence-electron chi connectivity index (χ0n) is 10.9. The van der Waals surface area contributed by atoms with E-state index in [2.05, 4.69) is 6.07 Å². The molecule has 0 saturated carbocycles. The van der Waals surface area contributed by atoms with Gasteiger partial charge in [0, 0.05) is 6.42 Å². The molecule has 0 fully saturated rings. The topological polar surface area (TPSA) is 70.0 Å². The predicted molar refractivity (Wildman–Crippen MR) is 81.5 cm³/mol. The monoisotopic (exact) mass is 288 g/mol. The fraction of sp³-hybridized carbons (Fsp3) is 0.188. The fourth-order valence-electron chi connectivity index (χ4n) is 2.08. The number of aliphatic hydroxyl groups is 1. The number of hydrogen-bond acceptors (Lipinski definition) is 3. The fourth-order valence-corrected chi connectivity index (χ4v) is 2.08. The third-order valence-electron chi connectivity index (χ3n) is 3.14. The molecule has 0 heterocycles. The quantitative estimate of drug-likeness (QED) is 0.908. The standard InChI is InChI=1S/C16H16N2O.ClH/c17-11-13-8-4-5-9-14(13)16(18)15(19)10-12-6-2-1-3-7-12;/h1-9,15-16,19H,10,18H2;1H/t15-,16+;/m0./s1. The molecule has 0 aliphatic heterocycles. The van der Waals surface area contributed by atoms with Gasteiger partial charge in [-0.3, -0.25) is 0 Å². The van der Waals surface area contributed by atoms with E-state index < -0.39 is 12.1 Å². The van der Waals surface area contributed by atoms with Crippen LogP contribution in [0.1, 0.15) is 22.7 Å². The number of benzene rings is 2. The molecular formula is C16H17ClN2O. The zero-order valence-corrected chi connectivity index (χ0v) is 11.8. The first-order valence-corrected chi connectivity index (χ1v) is 6.19. The highest BCUT2D eigenvalue weighted by molar-refractivity contribution is 5.85. The molecule has 0 unspecified atom stereocenters. The van der Waals surface area contributed by atoms with Crippen LogP contribution in [0.3, 0.4) is 0 Å². The van der Waals surface area contributed by atoms with E-state index in [1.54, 1.807) is 18.2 Å². The molecule has 0 amide bonds. The van der Waals surface area contributed by atoms with E-state index in [0.717, 1.165) is 5.56 Å². The molecule has 0 saturated heterocycles. The molecule has 2 rings (SSSR count). The van der Waals surface area contributed by atoms with Crippen molar-refractivity contribution in [3.8, 4) is 6.07 Å². The molecule has 3 nitrogen and oxygen atoms in total. The lowest BCUT2D eigenvalue weighted by Gasteiger charge is -2.20. The van der Waals surface area contributed by atoms with Gasteiger partial charge < -0.3 is 10.8 Å². The number of hydrogen-bond donors (Lipinski definition) is 2. The lowest BCUT2D eigenvalue weighted by Crippen LogP contribution is -2.28. The number of aliphatic hydroxyl groups excluding tert-OH is 1. The second-order valence-electron chi connectivity index (χ2n) is 4.48. The SMILES string of the molecule is Cl.N#Cc1ccccc1[C@@H](N)[C@@H](O)Cc1ccccc1.